The van der Waals surface area contributed by atoms with Crippen molar-refractivity contribution in [3.63, 3.8) is 0 Å². The molecule has 1 unspecified atom stereocenters. The van der Waals surface area contributed by atoms with E-state index in [9.17, 15) is 4.39 Å². The molecule has 2 nitrogen and oxygen atoms in total. The highest BCUT2D eigenvalue weighted by atomic mass is 35.5. The zero-order valence-electron chi connectivity index (χ0n) is 11.3. The van der Waals surface area contributed by atoms with Crippen LogP contribution in [0.15, 0.2) is 36.4 Å². The van der Waals surface area contributed by atoms with Gasteiger partial charge in [0.1, 0.15) is 11.0 Å². The molecule has 1 aromatic heterocycles. The third-order valence-electron chi connectivity index (χ3n) is 3.30. The highest BCUT2D eigenvalue weighted by Gasteiger charge is 2.17. The first-order chi connectivity index (χ1) is 9.49. The van der Waals surface area contributed by atoms with E-state index in [1.54, 1.807) is 24.3 Å². The van der Waals surface area contributed by atoms with E-state index < -0.39 is 0 Å². The second-order valence-corrected chi connectivity index (χ2v) is 5.47. The smallest absolute Gasteiger partial charge is 0.129 e. The van der Waals surface area contributed by atoms with Crippen LogP contribution in [-0.2, 0) is 6.54 Å². The van der Waals surface area contributed by atoms with Crippen molar-refractivity contribution in [2.45, 2.75) is 19.5 Å². The van der Waals surface area contributed by atoms with E-state index in [2.05, 4.69) is 4.98 Å². The second-order valence-electron chi connectivity index (χ2n) is 4.68. The van der Waals surface area contributed by atoms with E-state index >= 15 is 0 Å². The molecule has 106 valence electrons. The molecule has 2 aromatic rings. The van der Waals surface area contributed by atoms with Gasteiger partial charge in [-0.1, -0.05) is 41.4 Å². The van der Waals surface area contributed by atoms with Crippen molar-refractivity contribution in [3.8, 4) is 0 Å². The summed E-state index contributed by atoms with van der Waals surface area (Å²) in [6, 6.07) is 10.0. The summed E-state index contributed by atoms with van der Waals surface area (Å²) in [5.41, 5.74) is 1.33. The van der Waals surface area contributed by atoms with Crippen molar-refractivity contribution in [1.82, 2.24) is 9.88 Å². The third kappa shape index (κ3) is 3.48. The lowest BCUT2D eigenvalue weighted by Gasteiger charge is -2.25. The monoisotopic (exact) mass is 312 g/mol. The summed E-state index contributed by atoms with van der Waals surface area (Å²) in [5.74, 6) is -0.211. The second kappa shape index (κ2) is 6.53. The Morgan fingerprint density at radius 3 is 2.60 bits per heavy atom. The number of halogens is 3. The number of aromatic nitrogens is 1. The average Bonchev–Trinajstić information content (AvgIpc) is 2.42. The largest absolute Gasteiger partial charge is 0.294 e. The fourth-order valence-electron chi connectivity index (χ4n) is 1.99. The highest BCUT2D eigenvalue weighted by molar-refractivity contribution is 6.32. The van der Waals surface area contributed by atoms with Gasteiger partial charge in [-0.25, -0.2) is 9.37 Å². The van der Waals surface area contributed by atoms with Crippen LogP contribution in [0.1, 0.15) is 24.2 Å². The first-order valence-electron chi connectivity index (χ1n) is 6.24. The van der Waals surface area contributed by atoms with E-state index in [0.717, 1.165) is 0 Å². The molecule has 0 bridgehead atoms. The van der Waals surface area contributed by atoms with Crippen LogP contribution >= 0.6 is 23.2 Å². The number of pyridine rings is 1. The minimum atomic E-state index is -0.211. The molecule has 0 saturated carbocycles. The number of nitrogens with zero attached hydrogens (tertiary/aromatic N) is 2. The van der Waals surface area contributed by atoms with Gasteiger partial charge in [0.15, 0.2) is 0 Å². The molecular formula is C15H15Cl2FN2. The summed E-state index contributed by atoms with van der Waals surface area (Å²) in [4.78, 5) is 6.18. The predicted molar refractivity (Wildman–Crippen MR) is 80.5 cm³/mol. The standard InChI is InChI=1S/C15H15Cl2FN2/c1-10(11-5-3-4-6-13(11)18)20(2)9-14-12(16)7-8-15(17)19-14/h3-8,10H,9H2,1-2H3. The average molecular weight is 313 g/mol. The number of rotatable bonds is 4. The molecule has 0 fully saturated rings. The van der Waals surface area contributed by atoms with Gasteiger partial charge in [-0.15, -0.1) is 0 Å². The zero-order chi connectivity index (χ0) is 14.7. The fourth-order valence-corrected chi connectivity index (χ4v) is 2.32. The molecule has 0 saturated heterocycles. The Morgan fingerprint density at radius 1 is 1.20 bits per heavy atom. The van der Waals surface area contributed by atoms with Gasteiger partial charge in [0.2, 0.25) is 0 Å². The topological polar surface area (TPSA) is 16.1 Å². The van der Waals surface area contributed by atoms with Crippen LogP contribution < -0.4 is 0 Å². The molecule has 1 aromatic carbocycles. The fraction of sp³-hybridized carbons (Fsp3) is 0.267. The molecular weight excluding hydrogens is 298 g/mol. The van der Waals surface area contributed by atoms with Crippen LogP contribution in [0.2, 0.25) is 10.2 Å². The summed E-state index contributed by atoms with van der Waals surface area (Å²) in [5, 5.41) is 0.957. The minimum absolute atomic E-state index is 0.0898. The Balaban J connectivity index is 2.17. The van der Waals surface area contributed by atoms with Crippen LogP contribution in [0, 0.1) is 5.82 Å². The number of benzene rings is 1. The van der Waals surface area contributed by atoms with Gasteiger partial charge in [-0.2, -0.15) is 0 Å². The highest BCUT2D eigenvalue weighted by Crippen LogP contribution is 2.25. The minimum Gasteiger partial charge on any atom is -0.294 e. The van der Waals surface area contributed by atoms with Gasteiger partial charge >= 0.3 is 0 Å². The number of hydrogen-bond donors (Lipinski definition) is 0. The van der Waals surface area contributed by atoms with Crippen LogP contribution in [0.3, 0.4) is 0 Å². The number of hydrogen-bond acceptors (Lipinski definition) is 2. The van der Waals surface area contributed by atoms with Crippen molar-refractivity contribution < 1.29 is 4.39 Å². The molecule has 5 heteroatoms. The first kappa shape index (κ1) is 15.2. The van der Waals surface area contributed by atoms with Gasteiger partial charge in [-0.3, -0.25) is 4.90 Å². The van der Waals surface area contributed by atoms with Crippen molar-refractivity contribution in [1.29, 1.82) is 0 Å². The third-order valence-corrected chi connectivity index (χ3v) is 3.85. The lowest BCUT2D eigenvalue weighted by atomic mass is 10.1. The normalized spacial score (nSPS) is 12.7. The quantitative estimate of drug-likeness (QED) is 0.759. The molecule has 0 aliphatic carbocycles. The zero-order valence-corrected chi connectivity index (χ0v) is 12.8. The Bertz CT molecular complexity index is 604. The molecule has 20 heavy (non-hydrogen) atoms. The maximum Gasteiger partial charge on any atom is 0.129 e. The molecule has 1 heterocycles. The molecule has 0 N–H and O–H groups in total. The summed E-state index contributed by atoms with van der Waals surface area (Å²) in [6.07, 6.45) is 0. The molecule has 0 aliphatic heterocycles. The summed E-state index contributed by atoms with van der Waals surface area (Å²) in [6.45, 7) is 2.44. The van der Waals surface area contributed by atoms with Crippen molar-refractivity contribution >= 4 is 23.2 Å². The molecule has 0 radical (unpaired) electrons. The molecule has 0 spiro atoms. The Kier molecular flexibility index (Phi) is 4.97. The lowest BCUT2D eigenvalue weighted by molar-refractivity contribution is 0.245. The molecule has 2 rings (SSSR count). The Hall–Kier alpha value is -1.16. The first-order valence-corrected chi connectivity index (χ1v) is 7.00. The van der Waals surface area contributed by atoms with Crippen molar-refractivity contribution in [2.75, 3.05) is 7.05 Å². The predicted octanol–water partition coefficient (Wildman–Crippen LogP) is 4.72. The van der Waals surface area contributed by atoms with E-state index in [1.165, 1.54) is 6.07 Å². The summed E-state index contributed by atoms with van der Waals surface area (Å²) in [7, 11) is 1.90. The van der Waals surface area contributed by atoms with E-state index in [1.807, 2.05) is 24.9 Å². The maximum absolute atomic E-state index is 13.8. The van der Waals surface area contributed by atoms with Gasteiger partial charge in [-0.05, 0) is 32.2 Å². The molecule has 1 atom stereocenters. The SMILES string of the molecule is CC(c1ccccc1F)N(C)Cc1nc(Cl)ccc1Cl. The maximum atomic E-state index is 13.8. The van der Waals surface area contributed by atoms with Crippen LogP contribution in [0.25, 0.3) is 0 Å². The summed E-state index contributed by atoms with van der Waals surface area (Å²) >= 11 is 12.0. The Labute approximate surface area is 128 Å². The van der Waals surface area contributed by atoms with Crippen LogP contribution in [-0.4, -0.2) is 16.9 Å². The Morgan fingerprint density at radius 2 is 1.90 bits per heavy atom. The van der Waals surface area contributed by atoms with Gasteiger partial charge < -0.3 is 0 Å². The van der Waals surface area contributed by atoms with Crippen LogP contribution in [0.5, 0.6) is 0 Å². The van der Waals surface area contributed by atoms with Gasteiger partial charge in [0.05, 0.1) is 10.7 Å². The van der Waals surface area contributed by atoms with E-state index in [-0.39, 0.29) is 11.9 Å². The lowest BCUT2D eigenvalue weighted by Crippen LogP contribution is -2.23. The van der Waals surface area contributed by atoms with Crippen molar-refractivity contribution in [3.05, 3.63) is 63.6 Å². The van der Waals surface area contributed by atoms with Gasteiger partial charge in [0, 0.05) is 18.2 Å². The van der Waals surface area contributed by atoms with Crippen LogP contribution in [0.4, 0.5) is 4.39 Å². The van der Waals surface area contributed by atoms with Crippen molar-refractivity contribution in [2.24, 2.45) is 0 Å². The van der Waals surface area contributed by atoms with E-state index in [4.69, 9.17) is 23.2 Å². The molecule has 0 aliphatic rings. The molecule has 0 amide bonds. The van der Waals surface area contributed by atoms with E-state index in [0.29, 0.717) is 28.0 Å². The summed E-state index contributed by atoms with van der Waals surface area (Å²) < 4.78 is 13.8. The van der Waals surface area contributed by atoms with Gasteiger partial charge in [0.25, 0.3) is 0 Å².